The summed E-state index contributed by atoms with van der Waals surface area (Å²) < 4.78 is 0. The number of hydrogen-bond donors (Lipinski definition) is 10. The van der Waals surface area contributed by atoms with Crippen molar-refractivity contribution < 1.29 is 54.3 Å². The van der Waals surface area contributed by atoms with Crippen LogP contribution in [0.3, 0.4) is 0 Å². The third-order valence-electron chi connectivity index (χ3n) is 5.44. The Morgan fingerprint density at radius 1 is 0.810 bits per heavy atom. The Morgan fingerprint density at radius 2 is 1.29 bits per heavy atom. The van der Waals surface area contributed by atoms with Crippen molar-refractivity contribution in [3.63, 3.8) is 0 Å². The number of aliphatic carboxylic acids is 5. The summed E-state index contributed by atoms with van der Waals surface area (Å²) in [5.41, 5.74) is 10.1. The minimum atomic E-state index is -0.963. The molecule has 1 amide bonds. The molecule has 42 heavy (non-hydrogen) atoms. The molecule has 0 aromatic rings. The molecule has 0 bridgehead atoms. The highest BCUT2D eigenvalue weighted by Gasteiger charge is 2.26. The summed E-state index contributed by atoms with van der Waals surface area (Å²) in [5, 5.41) is 49.3. The molecule has 0 aromatic heterocycles. The molecule has 1 unspecified atom stereocenters. The quantitative estimate of drug-likeness (QED) is 0.153. The average Bonchev–Trinajstić information content (AvgIpc) is 3.56. The average molecular weight is 610 g/mol. The van der Waals surface area contributed by atoms with Gasteiger partial charge in [0.15, 0.2) is 0 Å². The van der Waals surface area contributed by atoms with Gasteiger partial charge < -0.3 is 53.0 Å². The molecule has 0 radical (unpaired) electrons. The first-order valence-electron chi connectivity index (χ1n) is 13.6. The largest absolute Gasteiger partial charge is 0.480 e. The Bertz CT molecular complexity index is 831. The molecule has 16 nitrogen and oxygen atoms in total. The molecule has 246 valence electrons. The Balaban J connectivity index is -0.000000457. The van der Waals surface area contributed by atoms with Crippen LogP contribution in [0.1, 0.15) is 73.1 Å². The Morgan fingerprint density at radius 3 is 1.43 bits per heavy atom. The van der Waals surface area contributed by atoms with E-state index in [4.69, 9.17) is 37.0 Å². The number of likely N-dealkylation sites (N-methyl/N-ethyl adjacent to an activating group) is 1. The molecule has 2 aliphatic rings. The Hall–Kier alpha value is -3.34. The Labute approximate surface area is 246 Å². The second-order valence-corrected chi connectivity index (χ2v) is 10.5. The molecular formula is C26H51N5O11. The fraction of sp³-hybridized carbons (Fsp3) is 0.769. The van der Waals surface area contributed by atoms with Crippen LogP contribution in [-0.4, -0.2) is 105 Å². The number of carboxylic acid groups (broad SMARTS) is 5. The highest BCUT2D eigenvalue weighted by Crippen LogP contribution is 2.06. The van der Waals surface area contributed by atoms with Gasteiger partial charge in [-0.15, -0.1) is 0 Å². The molecule has 2 aliphatic heterocycles. The summed E-state index contributed by atoms with van der Waals surface area (Å²) in [7, 11) is 1.67. The van der Waals surface area contributed by atoms with Gasteiger partial charge in [-0.3, -0.25) is 24.0 Å². The van der Waals surface area contributed by atoms with Crippen LogP contribution in [-0.2, 0) is 28.8 Å². The first kappa shape index (κ1) is 43.1. The van der Waals surface area contributed by atoms with Gasteiger partial charge in [0.25, 0.3) is 0 Å². The fourth-order valence-electron chi connectivity index (χ4n) is 3.12. The lowest BCUT2D eigenvalue weighted by atomic mass is 10.0. The number of hydrogen-bond acceptors (Lipinski definition) is 10. The van der Waals surface area contributed by atoms with Crippen molar-refractivity contribution in [1.82, 2.24) is 16.0 Å². The molecule has 0 saturated carbocycles. The topological polar surface area (TPSA) is 292 Å². The van der Waals surface area contributed by atoms with E-state index in [1.54, 1.807) is 7.05 Å². The molecule has 0 spiro atoms. The number of amides is 1. The van der Waals surface area contributed by atoms with Gasteiger partial charge >= 0.3 is 29.8 Å². The lowest BCUT2D eigenvalue weighted by Gasteiger charge is -2.12. The standard InChI is InChI=1S/C7H15NO2.C6H13NO2.C5H7NO3.C5H9NO2.C3H7NO2/c1-5(2)4-6(8-3)7(9)10;1-4(2)3-5(7)6(8)9;7-4-2-1-3(6-4)5(8)9;7-5(8)4-2-1-3-6-4;1-2(4)3(5)6/h5-6,8H,4H2,1-3H3,(H,9,10);4-5H,3,7H2,1-2H3,(H,8,9);3H,1-2H2,(H,6,7)(H,8,9);4,6H,1-3H2,(H,7,8);2H,4H2,1H3,(H,5,6)/t6-;5-;3-;4-;/m0000./s1. The van der Waals surface area contributed by atoms with E-state index >= 15 is 0 Å². The van der Waals surface area contributed by atoms with Crippen LogP contribution in [0.5, 0.6) is 0 Å². The summed E-state index contributed by atoms with van der Waals surface area (Å²) in [4.78, 5) is 60.7. The van der Waals surface area contributed by atoms with Gasteiger partial charge in [0.05, 0.1) is 0 Å². The molecule has 0 aromatic carbocycles. The van der Waals surface area contributed by atoms with Gasteiger partial charge in [-0.05, 0) is 64.5 Å². The zero-order valence-electron chi connectivity index (χ0n) is 25.3. The zero-order chi connectivity index (χ0) is 33.6. The van der Waals surface area contributed by atoms with Gasteiger partial charge in [-0.2, -0.15) is 0 Å². The van der Waals surface area contributed by atoms with Crippen LogP contribution < -0.4 is 27.4 Å². The Kier molecular flexibility index (Phi) is 24.9. The van der Waals surface area contributed by atoms with E-state index in [1.165, 1.54) is 6.92 Å². The van der Waals surface area contributed by atoms with E-state index < -0.39 is 48.0 Å². The summed E-state index contributed by atoms with van der Waals surface area (Å²) in [6.45, 7) is 10.2. The van der Waals surface area contributed by atoms with Crippen LogP contribution in [0.2, 0.25) is 0 Å². The van der Waals surface area contributed by atoms with E-state index in [1.807, 2.05) is 27.7 Å². The molecule has 2 fully saturated rings. The maximum absolute atomic E-state index is 10.4. The minimum Gasteiger partial charge on any atom is -0.480 e. The van der Waals surface area contributed by atoms with Gasteiger partial charge in [0.2, 0.25) is 5.91 Å². The van der Waals surface area contributed by atoms with Crippen molar-refractivity contribution >= 4 is 35.8 Å². The second-order valence-electron chi connectivity index (χ2n) is 10.5. The lowest BCUT2D eigenvalue weighted by Crippen LogP contribution is -2.34. The molecule has 2 saturated heterocycles. The number of carbonyl (C=O) groups is 6. The van der Waals surface area contributed by atoms with Crippen molar-refractivity contribution in [2.45, 2.75) is 103 Å². The smallest absolute Gasteiger partial charge is 0.326 e. The SMILES string of the molecule is CC(C)C[C@H](N)C(=O)O.CC(N)C(=O)O.CN[C@@H](CC(C)C)C(=O)O.O=C(O)[C@@H]1CCCN1.O=C1CC[C@@H](C(=O)O)N1. The van der Waals surface area contributed by atoms with Crippen LogP contribution in [0.25, 0.3) is 0 Å². The molecule has 2 rings (SSSR count). The predicted molar refractivity (Wildman–Crippen MR) is 154 cm³/mol. The molecule has 16 heteroatoms. The normalized spacial score (nSPS) is 19.0. The first-order valence-corrected chi connectivity index (χ1v) is 13.6. The fourth-order valence-corrected chi connectivity index (χ4v) is 3.12. The monoisotopic (exact) mass is 609 g/mol. The summed E-state index contributed by atoms with van der Waals surface area (Å²) in [6.07, 6.45) is 3.79. The predicted octanol–water partition coefficient (Wildman–Crippen LogP) is -0.260. The highest BCUT2D eigenvalue weighted by atomic mass is 16.4. The summed E-state index contributed by atoms with van der Waals surface area (Å²) >= 11 is 0. The van der Waals surface area contributed by atoms with Crippen LogP contribution in [0, 0.1) is 11.8 Å². The molecule has 0 aliphatic carbocycles. The van der Waals surface area contributed by atoms with Gasteiger partial charge in [-0.1, -0.05) is 27.7 Å². The summed E-state index contributed by atoms with van der Waals surface area (Å²) in [5.74, 6) is -3.69. The van der Waals surface area contributed by atoms with Crippen molar-refractivity contribution in [3.05, 3.63) is 0 Å². The van der Waals surface area contributed by atoms with Crippen LogP contribution in [0.15, 0.2) is 0 Å². The molecule has 5 atom stereocenters. The highest BCUT2D eigenvalue weighted by molar-refractivity contribution is 5.87. The maximum Gasteiger partial charge on any atom is 0.326 e. The number of nitrogens with one attached hydrogen (secondary N) is 3. The van der Waals surface area contributed by atoms with E-state index in [9.17, 15) is 28.8 Å². The lowest BCUT2D eigenvalue weighted by molar-refractivity contribution is -0.140. The van der Waals surface area contributed by atoms with Gasteiger partial charge in [-0.25, -0.2) is 4.79 Å². The third kappa shape index (κ3) is 25.6. The van der Waals surface area contributed by atoms with E-state index in [0.29, 0.717) is 37.5 Å². The van der Waals surface area contributed by atoms with Crippen LogP contribution >= 0.6 is 0 Å². The van der Waals surface area contributed by atoms with Gasteiger partial charge in [0, 0.05) is 6.42 Å². The number of carboxylic acids is 5. The van der Waals surface area contributed by atoms with Gasteiger partial charge in [0.1, 0.15) is 30.2 Å². The van der Waals surface area contributed by atoms with E-state index in [2.05, 4.69) is 16.0 Å². The molecule has 12 N–H and O–H groups in total. The van der Waals surface area contributed by atoms with Crippen molar-refractivity contribution in [3.8, 4) is 0 Å². The second kappa shape index (κ2) is 24.3. The maximum atomic E-state index is 10.4. The third-order valence-corrected chi connectivity index (χ3v) is 5.44. The van der Waals surface area contributed by atoms with E-state index in [0.717, 1.165) is 19.4 Å². The minimum absolute atomic E-state index is 0.164. The van der Waals surface area contributed by atoms with Crippen molar-refractivity contribution in [1.29, 1.82) is 0 Å². The van der Waals surface area contributed by atoms with Crippen LogP contribution in [0.4, 0.5) is 0 Å². The summed E-state index contributed by atoms with van der Waals surface area (Å²) in [6, 6.07) is -2.72. The number of rotatable bonds is 10. The van der Waals surface area contributed by atoms with Crippen molar-refractivity contribution in [2.24, 2.45) is 23.3 Å². The first-order chi connectivity index (χ1) is 19.3. The zero-order valence-corrected chi connectivity index (χ0v) is 25.3. The number of nitrogens with two attached hydrogens (primary N) is 2. The molecule has 2 heterocycles. The van der Waals surface area contributed by atoms with Crippen molar-refractivity contribution in [2.75, 3.05) is 13.6 Å². The number of carbonyl (C=O) groups excluding carboxylic acids is 1. The molecular weight excluding hydrogens is 558 g/mol. The van der Waals surface area contributed by atoms with E-state index in [-0.39, 0.29) is 18.0 Å².